The molecule has 1 aromatic rings. The first-order chi connectivity index (χ1) is 7.89. The van der Waals surface area contributed by atoms with Crippen LogP contribution in [0.15, 0.2) is 17.3 Å². The Labute approximate surface area is 111 Å². The average molecular weight is 296 g/mol. The van der Waals surface area contributed by atoms with Crippen LogP contribution in [0.4, 0.5) is 0 Å². The molecule has 1 aromatic heterocycles. The van der Waals surface area contributed by atoms with E-state index >= 15 is 0 Å². The third kappa shape index (κ3) is 3.54. The van der Waals surface area contributed by atoms with E-state index in [4.69, 9.17) is 11.6 Å². The fourth-order valence-corrected chi connectivity index (χ4v) is 3.33. The van der Waals surface area contributed by atoms with E-state index in [1.807, 2.05) is 13.2 Å². The second-order valence-corrected chi connectivity index (χ2v) is 6.76. The number of hydrogen-bond donors (Lipinski definition) is 0. The zero-order valence-corrected chi connectivity index (χ0v) is 12.2. The van der Waals surface area contributed by atoms with Gasteiger partial charge in [0.2, 0.25) is 15.3 Å². The molecular formula is C9H14ClN3O2S2. The molecule has 8 heteroatoms. The molecule has 0 saturated carbocycles. The van der Waals surface area contributed by atoms with Gasteiger partial charge in [0.1, 0.15) is 4.90 Å². The zero-order chi connectivity index (χ0) is 13.1. The molecule has 96 valence electrons. The Bertz CT molecular complexity index is 464. The Hall–Kier alpha value is -0.370. The Balaban J connectivity index is 2.98. The third-order valence-corrected chi connectivity index (χ3v) is 5.24. The van der Waals surface area contributed by atoms with Crippen molar-refractivity contribution in [2.45, 2.75) is 17.9 Å². The summed E-state index contributed by atoms with van der Waals surface area (Å²) in [4.78, 5) is 7.41. The molecule has 0 amide bonds. The highest BCUT2D eigenvalue weighted by Crippen LogP contribution is 2.17. The van der Waals surface area contributed by atoms with Crippen LogP contribution in [-0.2, 0) is 10.0 Å². The van der Waals surface area contributed by atoms with Crippen LogP contribution >= 0.6 is 23.4 Å². The minimum Gasteiger partial charge on any atom is -0.225 e. The molecule has 5 nitrogen and oxygen atoms in total. The highest BCUT2D eigenvalue weighted by molar-refractivity contribution is 7.98. The number of aromatic nitrogens is 2. The molecule has 0 aliphatic carbocycles. The van der Waals surface area contributed by atoms with Crippen molar-refractivity contribution in [3.8, 4) is 0 Å². The zero-order valence-electron chi connectivity index (χ0n) is 9.79. The van der Waals surface area contributed by atoms with Crippen molar-refractivity contribution in [3.05, 3.63) is 17.7 Å². The number of hydrogen-bond acceptors (Lipinski definition) is 5. The highest BCUT2D eigenvalue weighted by atomic mass is 35.5. The fraction of sp³-hybridized carbons (Fsp3) is 0.556. The average Bonchev–Trinajstić information content (AvgIpc) is 2.29. The number of halogens is 1. The van der Waals surface area contributed by atoms with Crippen molar-refractivity contribution >= 4 is 33.4 Å². The van der Waals surface area contributed by atoms with Gasteiger partial charge in [-0.1, -0.05) is 0 Å². The highest BCUT2D eigenvalue weighted by Gasteiger charge is 2.25. The van der Waals surface area contributed by atoms with Crippen LogP contribution in [0.2, 0.25) is 5.28 Å². The number of thioether (sulfide) groups is 1. The van der Waals surface area contributed by atoms with Crippen LogP contribution in [0.5, 0.6) is 0 Å². The monoisotopic (exact) mass is 295 g/mol. The van der Waals surface area contributed by atoms with Crippen LogP contribution in [-0.4, -0.2) is 47.8 Å². The summed E-state index contributed by atoms with van der Waals surface area (Å²) >= 11 is 7.11. The minimum atomic E-state index is -3.54. The summed E-state index contributed by atoms with van der Waals surface area (Å²) in [6.07, 6.45) is 4.36. The molecule has 0 aromatic carbocycles. The summed E-state index contributed by atoms with van der Waals surface area (Å²) in [6, 6.07) is -0.0920. The SMILES string of the molecule is CSCC(C)N(C)S(=O)(=O)c1cnc(Cl)nc1. The third-order valence-electron chi connectivity index (χ3n) is 2.30. The van der Waals surface area contributed by atoms with Gasteiger partial charge in [-0.05, 0) is 24.8 Å². The molecule has 0 fully saturated rings. The van der Waals surface area contributed by atoms with Gasteiger partial charge < -0.3 is 0 Å². The number of nitrogens with zero attached hydrogens (tertiary/aromatic N) is 3. The molecule has 0 bridgehead atoms. The number of rotatable bonds is 5. The summed E-state index contributed by atoms with van der Waals surface area (Å²) in [5, 5.41) is 0.0313. The lowest BCUT2D eigenvalue weighted by molar-refractivity contribution is 0.414. The van der Waals surface area contributed by atoms with Crippen LogP contribution in [0.3, 0.4) is 0 Å². The van der Waals surface area contributed by atoms with Gasteiger partial charge in [-0.15, -0.1) is 0 Å². The van der Waals surface area contributed by atoms with Crippen molar-refractivity contribution in [2.75, 3.05) is 19.1 Å². The summed E-state index contributed by atoms with van der Waals surface area (Å²) in [7, 11) is -1.99. The van der Waals surface area contributed by atoms with Gasteiger partial charge in [-0.3, -0.25) is 0 Å². The minimum absolute atomic E-state index is 0.0313. The quantitative estimate of drug-likeness (QED) is 0.770. The molecular weight excluding hydrogens is 282 g/mol. The van der Waals surface area contributed by atoms with Gasteiger partial charge in [-0.25, -0.2) is 18.4 Å². The van der Waals surface area contributed by atoms with E-state index in [1.165, 1.54) is 16.7 Å². The summed E-state index contributed by atoms with van der Waals surface area (Å²) in [5.41, 5.74) is 0. The maximum atomic E-state index is 12.2. The molecule has 0 aliphatic rings. The first-order valence-corrected chi connectivity index (χ1v) is 8.05. The second-order valence-electron chi connectivity index (χ2n) is 3.51. The summed E-state index contributed by atoms with van der Waals surface area (Å²) in [6.45, 7) is 1.85. The molecule has 0 saturated heterocycles. The summed E-state index contributed by atoms with van der Waals surface area (Å²) < 4.78 is 25.6. The van der Waals surface area contributed by atoms with Crippen molar-refractivity contribution in [1.82, 2.24) is 14.3 Å². The largest absolute Gasteiger partial charge is 0.246 e. The van der Waals surface area contributed by atoms with E-state index in [-0.39, 0.29) is 16.2 Å². The Morgan fingerprint density at radius 1 is 1.47 bits per heavy atom. The normalized spacial score (nSPS) is 13.9. The molecule has 1 rings (SSSR count). The first-order valence-electron chi connectivity index (χ1n) is 4.84. The van der Waals surface area contributed by atoms with Crippen molar-refractivity contribution < 1.29 is 8.42 Å². The summed E-state index contributed by atoms with van der Waals surface area (Å²) in [5.74, 6) is 0.726. The van der Waals surface area contributed by atoms with Gasteiger partial charge in [-0.2, -0.15) is 16.1 Å². The van der Waals surface area contributed by atoms with E-state index in [1.54, 1.807) is 18.8 Å². The first kappa shape index (κ1) is 14.7. The van der Waals surface area contributed by atoms with Crippen LogP contribution in [0, 0.1) is 0 Å². The maximum Gasteiger partial charge on any atom is 0.246 e. The van der Waals surface area contributed by atoms with E-state index < -0.39 is 10.0 Å². The standard InChI is InChI=1S/C9H14ClN3O2S2/c1-7(6-16-3)13(2)17(14,15)8-4-11-9(10)12-5-8/h4-5,7H,6H2,1-3H3. The fourth-order valence-electron chi connectivity index (χ4n) is 1.18. The Morgan fingerprint density at radius 3 is 2.47 bits per heavy atom. The molecule has 0 spiro atoms. The van der Waals surface area contributed by atoms with Crippen LogP contribution < -0.4 is 0 Å². The Kier molecular flexibility index (Phi) is 5.18. The van der Waals surface area contributed by atoms with Gasteiger partial charge in [0.05, 0.1) is 12.4 Å². The van der Waals surface area contributed by atoms with Gasteiger partial charge in [0, 0.05) is 18.8 Å². The molecule has 0 aliphatic heterocycles. The molecule has 0 radical (unpaired) electrons. The van der Waals surface area contributed by atoms with Gasteiger partial charge in [0.25, 0.3) is 0 Å². The lowest BCUT2D eigenvalue weighted by atomic mass is 10.4. The lowest BCUT2D eigenvalue weighted by Crippen LogP contribution is -2.36. The smallest absolute Gasteiger partial charge is 0.225 e. The van der Waals surface area contributed by atoms with E-state index in [0.29, 0.717) is 0 Å². The van der Waals surface area contributed by atoms with Crippen molar-refractivity contribution in [1.29, 1.82) is 0 Å². The molecule has 1 unspecified atom stereocenters. The molecule has 1 atom stereocenters. The van der Waals surface area contributed by atoms with Crippen LogP contribution in [0.1, 0.15) is 6.92 Å². The lowest BCUT2D eigenvalue weighted by Gasteiger charge is -2.23. The molecule has 1 heterocycles. The predicted molar refractivity (Wildman–Crippen MR) is 69.8 cm³/mol. The van der Waals surface area contributed by atoms with Gasteiger partial charge >= 0.3 is 0 Å². The van der Waals surface area contributed by atoms with E-state index in [2.05, 4.69) is 9.97 Å². The van der Waals surface area contributed by atoms with E-state index in [9.17, 15) is 8.42 Å². The molecule has 17 heavy (non-hydrogen) atoms. The Morgan fingerprint density at radius 2 is 2.00 bits per heavy atom. The van der Waals surface area contributed by atoms with Gasteiger partial charge in [0.15, 0.2) is 0 Å². The maximum absolute atomic E-state index is 12.2. The predicted octanol–water partition coefficient (Wildman–Crippen LogP) is 1.50. The van der Waals surface area contributed by atoms with Crippen LogP contribution in [0.25, 0.3) is 0 Å². The van der Waals surface area contributed by atoms with E-state index in [0.717, 1.165) is 5.75 Å². The van der Waals surface area contributed by atoms with Crippen molar-refractivity contribution in [3.63, 3.8) is 0 Å². The topological polar surface area (TPSA) is 63.2 Å². The number of sulfonamides is 1. The van der Waals surface area contributed by atoms with Crippen molar-refractivity contribution in [2.24, 2.45) is 0 Å². The second kappa shape index (κ2) is 5.99. The molecule has 0 N–H and O–H groups in total.